The largest absolute Gasteiger partial charge is 0.341 e. The maximum Gasteiger partial charge on any atom is 0.223 e. The van der Waals surface area contributed by atoms with E-state index in [0.29, 0.717) is 39.0 Å². The van der Waals surface area contributed by atoms with Crippen molar-refractivity contribution in [1.29, 1.82) is 0 Å². The Balaban J connectivity index is 2.02. The Labute approximate surface area is 152 Å². The van der Waals surface area contributed by atoms with E-state index in [-0.39, 0.29) is 17.1 Å². The van der Waals surface area contributed by atoms with Crippen molar-refractivity contribution in [3.63, 3.8) is 0 Å². The molecule has 0 radical (unpaired) electrons. The minimum absolute atomic E-state index is 0.0234. The van der Waals surface area contributed by atoms with Gasteiger partial charge >= 0.3 is 0 Å². The lowest BCUT2D eigenvalue weighted by Crippen LogP contribution is -2.38. The quantitative estimate of drug-likeness (QED) is 0.823. The molecule has 5 nitrogen and oxygen atoms in total. The monoisotopic (exact) mass is 366 g/mol. The molecule has 25 heavy (non-hydrogen) atoms. The third-order valence-corrected chi connectivity index (χ3v) is 6.31. The van der Waals surface area contributed by atoms with E-state index >= 15 is 0 Å². The summed E-state index contributed by atoms with van der Waals surface area (Å²) in [6.45, 7) is 10.0. The van der Waals surface area contributed by atoms with E-state index in [1.54, 1.807) is 4.31 Å². The molecule has 0 unspecified atom stereocenters. The highest BCUT2D eigenvalue weighted by molar-refractivity contribution is 7.88. The molecule has 0 aliphatic carbocycles. The first-order chi connectivity index (χ1) is 11.6. The number of aryl methyl sites for hydroxylation is 1. The highest BCUT2D eigenvalue weighted by Gasteiger charge is 2.28. The summed E-state index contributed by atoms with van der Waals surface area (Å²) >= 11 is 0. The summed E-state index contributed by atoms with van der Waals surface area (Å²) in [6.07, 6.45) is 1.17. The van der Waals surface area contributed by atoms with E-state index in [0.717, 1.165) is 11.1 Å². The molecule has 0 spiro atoms. The third-order valence-electron chi connectivity index (χ3n) is 4.48. The molecular formula is C19H30N2O3S. The number of nitrogens with zero attached hydrogens (tertiary/aromatic N) is 2. The standard InChI is InChI=1S/C19H30N2O3S/c1-16-8-5-6-9-17(16)15-25(23,24)21-11-7-10-20(12-13-21)18(22)14-19(2,3)4/h5-6,8-9H,7,10-15H2,1-4H3. The van der Waals surface area contributed by atoms with Gasteiger partial charge in [-0.25, -0.2) is 8.42 Å². The number of sulfonamides is 1. The van der Waals surface area contributed by atoms with Crippen LogP contribution in [0.5, 0.6) is 0 Å². The van der Waals surface area contributed by atoms with Gasteiger partial charge in [-0.15, -0.1) is 0 Å². The van der Waals surface area contributed by atoms with Crippen LogP contribution in [0.1, 0.15) is 44.7 Å². The summed E-state index contributed by atoms with van der Waals surface area (Å²) < 4.78 is 27.1. The summed E-state index contributed by atoms with van der Waals surface area (Å²) in [6, 6.07) is 7.58. The van der Waals surface area contributed by atoms with Crippen LogP contribution < -0.4 is 0 Å². The van der Waals surface area contributed by atoms with Gasteiger partial charge in [0.15, 0.2) is 0 Å². The van der Waals surface area contributed by atoms with E-state index in [2.05, 4.69) is 0 Å². The lowest BCUT2D eigenvalue weighted by atomic mass is 9.91. The molecule has 1 amide bonds. The Morgan fingerprint density at radius 2 is 1.76 bits per heavy atom. The second kappa shape index (κ2) is 7.87. The van der Waals surface area contributed by atoms with Crippen molar-refractivity contribution in [3.8, 4) is 0 Å². The number of carbonyl (C=O) groups excluding carboxylic acids is 1. The Bertz CT molecular complexity index is 708. The Morgan fingerprint density at radius 1 is 1.08 bits per heavy atom. The van der Waals surface area contributed by atoms with Gasteiger partial charge in [0, 0.05) is 32.6 Å². The van der Waals surface area contributed by atoms with Gasteiger partial charge in [-0.1, -0.05) is 45.0 Å². The maximum absolute atomic E-state index is 12.8. The zero-order valence-electron chi connectivity index (χ0n) is 15.8. The van der Waals surface area contributed by atoms with Crippen LogP contribution in [0.25, 0.3) is 0 Å². The van der Waals surface area contributed by atoms with Gasteiger partial charge < -0.3 is 4.90 Å². The number of hydrogen-bond donors (Lipinski definition) is 0. The zero-order chi connectivity index (χ0) is 18.7. The molecule has 0 saturated carbocycles. The molecule has 1 aliphatic heterocycles. The highest BCUT2D eigenvalue weighted by atomic mass is 32.2. The Kier molecular flexibility index (Phi) is 6.27. The van der Waals surface area contributed by atoms with Crippen molar-refractivity contribution < 1.29 is 13.2 Å². The summed E-state index contributed by atoms with van der Waals surface area (Å²) in [5.74, 6) is 0.140. The first-order valence-corrected chi connectivity index (χ1v) is 10.5. The topological polar surface area (TPSA) is 57.7 Å². The number of amides is 1. The molecule has 0 aromatic heterocycles. The van der Waals surface area contributed by atoms with Crippen molar-refractivity contribution in [3.05, 3.63) is 35.4 Å². The van der Waals surface area contributed by atoms with Gasteiger partial charge in [0.2, 0.25) is 15.9 Å². The lowest BCUT2D eigenvalue weighted by molar-refractivity contribution is -0.132. The Hall–Kier alpha value is -1.40. The average Bonchev–Trinajstić information content (AvgIpc) is 2.74. The molecule has 140 valence electrons. The van der Waals surface area contributed by atoms with Crippen LogP contribution in [0.3, 0.4) is 0 Å². The summed E-state index contributed by atoms with van der Waals surface area (Å²) in [4.78, 5) is 14.2. The van der Waals surface area contributed by atoms with Gasteiger partial charge in [0.1, 0.15) is 0 Å². The molecule has 1 aromatic carbocycles. The molecule has 2 rings (SSSR count). The summed E-state index contributed by atoms with van der Waals surface area (Å²) in [7, 11) is -3.37. The average molecular weight is 367 g/mol. The van der Waals surface area contributed by atoms with Crippen LogP contribution in [-0.4, -0.2) is 49.7 Å². The van der Waals surface area contributed by atoms with Crippen molar-refractivity contribution in [1.82, 2.24) is 9.21 Å². The third kappa shape index (κ3) is 5.82. The van der Waals surface area contributed by atoms with Crippen molar-refractivity contribution in [2.75, 3.05) is 26.2 Å². The van der Waals surface area contributed by atoms with Gasteiger partial charge in [-0.05, 0) is 29.9 Å². The number of carbonyl (C=O) groups is 1. The number of hydrogen-bond acceptors (Lipinski definition) is 3. The molecule has 0 bridgehead atoms. The first kappa shape index (κ1) is 19.9. The molecule has 1 saturated heterocycles. The van der Waals surface area contributed by atoms with E-state index < -0.39 is 10.0 Å². The minimum atomic E-state index is -3.37. The van der Waals surface area contributed by atoms with Crippen LogP contribution in [0, 0.1) is 12.3 Å². The minimum Gasteiger partial charge on any atom is -0.341 e. The fraction of sp³-hybridized carbons (Fsp3) is 0.632. The van der Waals surface area contributed by atoms with E-state index in [1.165, 1.54) is 0 Å². The molecular weight excluding hydrogens is 336 g/mol. The lowest BCUT2D eigenvalue weighted by Gasteiger charge is -2.25. The van der Waals surface area contributed by atoms with E-state index in [9.17, 15) is 13.2 Å². The van der Waals surface area contributed by atoms with E-state index in [1.807, 2.05) is 56.9 Å². The number of rotatable bonds is 4. The van der Waals surface area contributed by atoms with Crippen LogP contribution in [0.2, 0.25) is 0 Å². The molecule has 0 atom stereocenters. The second-order valence-electron chi connectivity index (χ2n) is 8.05. The van der Waals surface area contributed by atoms with Gasteiger partial charge in [-0.3, -0.25) is 4.79 Å². The van der Waals surface area contributed by atoms with Crippen LogP contribution in [-0.2, 0) is 20.6 Å². The maximum atomic E-state index is 12.8. The second-order valence-corrected chi connectivity index (χ2v) is 10.0. The smallest absolute Gasteiger partial charge is 0.223 e. The summed E-state index contributed by atoms with van der Waals surface area (Å²) in [5.41, 5.74) is 1.77. The highest BCUT2D eigenvalue weighted by Crippen LogP contribution is 2.21. The van der Waals surface area contributed by atoms with Gasteiger partial charge in [-0.2, -0.15) is 4.31 Å². The van der Waals surface area contributed by atoms with Gasteiger partial charge in [0.05, 0.1) is 5.75 Å². The molecule has 1 fully saturated rings. The molecule has 0 N–H and O–H groups in total. The normalized spacial score (nSPS) is 17.4. The first-order valence-electron chi connectivity index (χ1n) is 8.89. The number of benzene rings is 1. The van der Waals surface area contributed by atoms with Crippen molar-refractivity contribution >= 4 is 15.9 Å². The Morgan fingerprint density at radius 3 is 2.40 bits per heavy atom. The molecule has 1 aliphatic rings. The van der Waals surface area contributed by atoms with Crippen LogP contribution in [0.15, 0.2) is 24.3 Å². The van der Waals surface area contributed by atoms with Crippen LogP contribution >= 0.6 is 0 Å². The van der Waals surface area contributed by atoms with Crippen molar-refractivity contribution in [2.24, 2.45) is 5.41 Å². The molecule has 1 aromatic rings. The predicted molar refractivity (Wildman–Crippen MR) is 101 cm³/mol. The van der Waals surface area contributed by atoms with Gasteiger partial charge in [0.25, 0.3) is 0 Å². The summed E-state index contributed by atoms with van der Waals surface area (Å²) in [5, 5.41) is 0. The predicted octanol–water partition coefficient (Wildman–Crippen LogP) is 2.80. The van der Waals surface area contributed by atoms with E-state index in [4.69, 9.17) is 0 Å². The SMILES string of the molecule is Cc1ccccc1CS(=O)(=O)N1CCCN(C(=O)CC(C)(C)C)CC1. The fourth-order valence-electron chi connectivity index (χ4n) is 3.05. The van der Waals surface area contributed by atoms with Crippen molar-refractivity contribution in [2.45, 2.75) is 46.3 Å². The van der Waals surface area contributed by atoms with Crippen LogP contribution in [0.4, 0.5) is 0 Å². The zero-order valence-corrected chi connectivity index (χ0v) is 16.6. The fourth-order valence-corrected chi connectivity index (χ4v) is 4.71. The molecule has 1 heterocycles. The molecule has 6 heteroatoms.